The molecule has 0 aromatic rings. The zero-order valence-electron chi connectivity index (χ0n) is 6.89. The molecule has 1 nitrogen and oxygen atoms in total. The lowest BCUT2D eigenvalue weighted by molar-refractivity contribution is -0.125. The summed E-state index contributed by atoms with van der Waals surface area (Å²) in [6.07, 6.45) is 4.39. The molecular formula is C9H16O. The number of carbonyl (C=O) groups excluding carboxylic acids is 1. The fraction of sp³-hybridized carbons (Fsp3) is 0.889. The van der Waals surface area contributed by atoms with E-state index < -0.39 is 0 Å². The first-order valence-electron chi connectivity index (χ1n) is 4.23. The van der Waals surface area contributed by atoms with Crippen molar-refractivity contribution in [2.75, 3.05) is 0 Å². The summed E-state index contributed by atoms with van der Waals surface area (Å²) in [5.41, 5.74) is 0. The molecule has 1 saturated carbocycles. The first-order chi connectivity index (χ1) is 4.70. The summed E-state index contributed by atoms with van der Waals surface area (Å²) in [5.74, 6) is 1.50. The van der Waals surface area contributed by atoms with Crippen LogP contribution in [0.5, 0.6) is 0 Å². The Kier molecular flexibility index (Phi) is 2.47. The molecule has 0 amide bonds. The first kappa shape index (κ1) is 7.77. The standard InChI is InChI=1S/C9H16O/c1-7(2)6-9(10)8-4-3-5-8/h7-8H,3-6H2,1-2H3. The minimum absolute atomic E-state index is 0.447. The van der Waals surface area contributed by atoms with Gasteiger partial charge in [0.2, 0.25) is 0 Å². The normalized spacial score (nSPS) is 19.1. The third-order valence-corrected chi connectivity index (χ3v) is 2.17. The molecule has 1 heteroatoms. The number of Topliss-reactive ketones (excluding diaryl/α,β-unsaturated/α-hetero) is 1. The smallest absolute Gasteiger partial charge is 0.136 e. The van der Waals surface area contributed by atoms with Gasteiger partial charge in [-0.15, -0.1) is 0 Å². The van der Waals surface area contributed by atoms with Crippen molar-refractivity contribution in [3.05, 3.63) is 0 Å². The molecular weight excluding hydrogens is 124 g/mol. The maximum atomic E-state index is 11.2. The van der Waals surface area contributed by atoms with E-state index >= 15 is 0 Å². The van der Waals surface area contributed by atoms with E-state index in [2.05, 4.69) is 13.8 Å². The predicted octanol–water partition coefficient (Wildman–Crippen LogP) is 2.40. The van der Waals surface area contributed by atoms with E-state index in [9.17, 15) is 4.79 Å². The monoisotopic (exact) mass is 140 g/mol. The van der Waals surface area contributed by atoms with Crippen LogP contribution in [0.15, 0.2) is 0 Å². The largest absolute Gasteiger partial charge is 0.299 e. The third-order valence-electron chi connectivity index (χ3n) is 2.17. The summed E-state index contributed by atoms with van der Waals surface area (Å²) in [4.78, 5) is 11.2. The lowest BCUT2D eigenvalue weighted by Gasteiger charge is -2.24. The molecule has 0 aliphatic heterocycles. The Labute approximate surface area is 62.8 Å². The Morgan fingerprint density at radius 3 is 2.40 bits per heavy atom. The number of hydrogen-bond donors (Lipinski definition) is 0. The second kappa shape index (κ2) is 3.18. The molecule has 0 atom stereocenters. The van der Waals surface area contributed by atoms with Crippen molar-refractivity contribution in [1.29, 1.82) is 0 Å². The minimum Gasteiger partial charge on any atom is -0.299 e. The summed E-state index contributed by atoms with van der Waals surface area (Å²) < 4.78 is 0. The molecule has 1 rings (SSSR count). The van der Waals surface area contributed by atoms with Crippen LogP contribution in [-0.4, -0.2) is 5.78 Å². The molecule has 1 aliphatic carbocycles. The molecule has 1 fully saturated rings. The molecule has 0 saturated heterocycles. The maximum Gasteiger partial charge on any atom is 0.136 e. The van der Waals surface area contributed by atoms with Gasteiger partial charge in [0.05, 0.1) is 0 Å². The van der Waals surface area contributed by atoms with Gasteiger partial charge in [0.15, 0.2) is 0 Å². The van der Waals surface area contributed by atoms with E-state index in [1.54, 1.807) is 0 Å². The van der Waals surface area contributed by atoms with E-state index in [-0.39, 0.29) is 0 Å². The fourth-order valence-electron chi connectivity index (χ4n) is 1.30. The van der Waals surface area contributed by atoms with Crippen LogP contribution in [0.4, 0.5) is 0 Å². The summed E-state index contributed by atoms with van der Waals surface area (Å²) in [6.45, 7) is 4.22. The molecule has 0 radical (unpaired) electrons. The van der Waals surface area contributed by atoms with E-state index in [0.717, 1.165) is 19.3 Å². The number of rotatable bonds is 3. The summed E-state index contributed by atoms with van der Waals surface area (Å²) in [7, 11) is 0. The highest BCUT2D eigenvalue weighted by atomic mass is 16.1. The Morgan fingerprint density at radius 2 is 2.10 bits per heavy atom. The lowest BCUT2D eigenvalue weighted by Crippen LogP contribution is -2.22. The average Bonchev–Trinajstić information content (AvgIpc) is 1.55. The van der Waals surface area contributed by atoms with Crippen molar-refractivity contribution < 1.29 is 4.79 Å². The average molecular weight is 140 g/mol. The van der Waals surface area contributed by atoms with E-state index in [0.29, 0.717) is 17.6 Å². The molecule has 0 unspecified atom stereocenters. The van der Waals surface area contributed by atoms with Gasteiger partial charge in [0.25, 0.3) is 0 Å². The highest BCUT2D eigenvalue weighted by Crippen LogP contribution is 2.28. The van der Waals surface area contributed by atoms with E-state index in [1.165, 1.54) is 6.42 Å². The highest BCUT2D eigenvalue weighted by molar-refractivity contribution is 5.81. The number of carbonyl (C=O) groups is 1. The summed E-state index contributed by atoms with van der Waals surface area (Å²) >= 11 is 0. The SMILES string of the molecule is CC(C)CC(=O)C1CCC1. The molecule has 58 valence electrons. The second-order valence-electron chi connectivity index (χ2n) is 3.69. The molecule has 0 aromatic heterocycles. The quantitative estimate of drug-likeness (QED) is 0.588. The van der Waals surface area contributed by atoms with Gasteiger partial charge >= 0.3 is 0 Å². The van der Waals surface area contributed by atoms with E-state index in [1.807, 2.05) is 0 Å². The van der Waals surface area contributed by atoms with Gasteiger partial charge in [-0.25, -0.2) is 0 Å². The van der Waals surface area contributed by atoms with Crippen molar-refractivity contribution in [2.45, 2.75) is 39.5 Å². The Balaban J connectivity index is 2.20. The maximum absolute atomic E-state index is 11.2. The fourth-order valence-corrected chi connectivity index (χ4v) is 1.30. The van der Waals surface area contributed by atoms with Crippen LogP contribution < -0.4 is 0 Å². The van der Waals surface area contributed by atoms with Gasteiger partial charge in [0, 0.05) is 12.3 Å². The van der Waals surface area contributed by atoms with Crippen molar-refractivity contribution in [3.8, 4) is 0 Å². The highest BCUT2D eigenvalue weighted by Gasteiger charge is 2.24. The predicted molar refractivity (Wildman–Crippen MR) is 41.8 cm³/mol. The minimum atomic E-state index is 0.447. The Morgan fingerprint density at radius 1 is 1.50 bits per heavy atom. The van der Waals surface area contributed by atoms with Crippen LogP contribution in [0.1, 0.15) is 39.5 Å². The van der Waals surface area contributed by atoms with Crippen molar-refractivity contribution in [1.82, 2.24) is 0 Å². The molecule has 0 aromatic carbocycles. The van der Waals surface area contributed by atoms with E-state index in [4.69, 9.17) is 0 Å². The Bertz CT molecular complexity index is 123. The third kappa shape index (κ3) is 1.83. The molecule has 10 heavy (non-hydrogen) atoms. The van der Waals surface area contributed by atoms with Crippen LogP contribution in [-0.2, 0) is 4.79 Å². The van der Waals surface area contributed by atoms with Crippen molar-refractivity contribution >= 4 is 5.78 Å². The van der Waals surface area contributed by atoms with Crippen LogP contribution >= 0.6 is 0 Å². The molecule has 0 N–H and O–H groups in total. The van der Waals surface area contributed by atoms with Gasteiger partial charge in [-0.2, -0.15) is 0 Å². The van der Waals surface area contributed by atoms with Gasteiger partial charge in [-0.05, 0) is 18.8 Å². The number of hydrogen-bond acceptors (Lipinski definition) is 1. The van der Waals surface area contributed by atoms with Crippen LogP contribution in [0, 0.1) is 11.8 Å². The first-order valence-corrected chi connectivity index (χ1v) is 4.23. The molecule has 0 heterocycles. The van der Waals surface area contributed by atoms with Gasteiger partial charge in [-0.1, -0.05) is 20.3 Å². The van der Waals surface area contributed by atoms with Gasteiger partial charge < -0.3 is 0 Å². The lowest BCUT2D eigenvalue weighted by atomic mass is 9.80. The molecule has 0 spiro atoms. The topological polar surface area (TPSA) is 17.1 Å². The second-order valence-corrected chi connectivity index (χ2v) is 3.69. The van der Waals surface area contributed by atoms with Crippen molar-refractivity contribution in [3.63, 3.8) is 0 Å². The van der Waals surface area contributed by atoms with Crippen molar-refractivity contribution in [2.24, 2.45) is 11.8 Å². The Hall–Kier alpha value is -0.330. The molecule has 1 aliphatic rings. The van der Waals surface area contributed by atoms with Crippen LogP contribution in [0.3, 0.4) is 0 Å². The van der Waals surface area contributed by atoms with Crippen LogP contribution in [0.2, 0.25) is 0 Å². The molecule has 0 bridgehead atoms. The number of ketones is 1. The van der Waals surface area contributed by atoms with Gasteiger partial charge in [-0.3, -0.25) is 4.79 Å². The zero-order chi connectivity index (χ0) is 7.56. The van der Waals surface area contributed by atoms with Gasteiger partial charge in [0.1, 0.15) is 5.78 Å². The zero-order valence-corrected chi connectivity index (χ0v) is 6.89. The summed E-state index contributed by atoms with van der Waals surface area (Å²) in [5, 5.41) is 0. The summed E-state index contributed by atoms with van der Waals surface area (Å²) in [6, 6.07) is 0. The van der Waals surface area contributed by atoms with Crippen LogP contribution in [0.25, 0.3) is 0 Å².